The molecule has 2 heterocycles. The number of halogens is 1. The van der Waals surface area contributed by atoms with Gasteiger partial charge in [0.05, 0.1) is 11.1 Å². The van der Waals surface area contributed by atoms with Crippen molar-refractivity contribution in [2.45, 2.75) is 13.8 Å². The monoisotopic (exact) mass is 467 g/mol. The molecule has 0 unspecified atom stereocenters. The van der Waals surface area contributed by atoms with Gasteiger partial charge >= 0.3 is 5.97 Å². The Morgan fingerprint density at radius 2 is 1.88 bits per heavy atom. The molecule has 4 aromatic rings. The van der Waals surface area contributed by atoms with E-state index in [9.17, 15) is 9.59 Å². The van der Waals surface area contributed by atoms with Crippen LogP contribution in [0.15, 0.2) is 47.3 Å². The third kappa shape index (κ3) is 4.87. The number of fused-ring (bicyclic) bond motifs is 1. The highest BCUT2D eigenvalue weighted by Gasteiger charge is 2.11. The average molecular weight is 468 g/mol. The van der Waals surface area contributed by atoms with Crippen molar-refractivity contribution in [2.24, 2.45) is 0 Å². The zero-order valence-electron chi connectivity index (χ0n) is 17.2. The van der Waals surface area contributed by atoms with E-state index in [1.54, 1.807) is 42.5 Å². The molecule has 0 N–H and O–H groups in total. The van der Waals surface area contributed by atoms with Crippen molar-refractivity contribution in [1.29, 1.82) is 0 Å². The summed E-state index contributed by atoms with van der Waals surface area (Å²) in [5.74, 6) is 0.770. The van der Waals surface area contributed by atoms with Gasteiger partial charge < -0.3 is 9.47 Å². The van der Waals surface area contributed by atoms with Gasteiger partial charge in [0.15, 0.2) is 17.3 Å². The summed E-state index contributed by atoms with van der Waals surface area (Å²) in [5, 5.41) is 4.95. The minimum atomic E-state index is -0.434. The Labute approximate surface area is 192 Å². The summed E-state index contributed by atoms with van der Waals surface area (Å²) in [6.45, 7) is 3.57. The zero-order valence-corrected chi connectivity index (χ0v) is 18.8. The molecule has 0 aliphatic heterocycles. The van der Waals surface area contributed by atoms with E-state index in [1.807, 2.05) is 25.1 Å². The third-order valence-corrected chi connectivity index (χ3v) is 5.52. The van der Waals surface area contributed by atoms with E-state index >= 15 is 0 Å². The third-order valence-electron chi connectivity index (χ3n) is 4.31. The van der Waals surface area contributed by atoms with Crippen molar-refractivity contribution in [3.05, 3.63) is 79.3 Å². The Morgan fingerprint density at radius 3 is 2.56 bits per heavy atom. The molecule has 0 spiro atoms. The number of ether oxygens (including phenoxy) is 2. The molecule has 162 valence electrons. The quantitative estimate of drug-likeness (QED) is 0.316. The van der Waals surface area contributed by atoms with Crippen molar-refractivity contribution in [2.75, 3.05) is 6.61 Å². The topological polar surface area (TPSA) is 82.8 Å². The molecule has 2 aromatic heterocycles. The van der Waals surface area contributed by atoms with Gasteiger partial charge in [0, 0.05) is 11.9 Å². The second-order valence-corrected chi connectivity index (χ2v) is 8.14. The second kappa shape index (κ2) is 9.33. The molecule has 0 saturated carbocycles. The van der Waals surface area contributed by atoms with Gasteiger partial charge in [-0.15, -0.1) is 5.10 Å². The van der Waals surface area contributed by atoms with E-state index in [0.29, 0.717) is 38.4 Å². The van der Waals surface area contributed by atoms with Crippen LogP contribution in [-0.4, -0.2) is 27.2 Å². The Balaban J connectivity index is 1.64. The molecule has 0 radical (unpaired) electrons. The lowest BCUT2D eigenvalue weighted by Crippen LogP contribution is -2.23. The maximum Gasteiger partial charge on any atom is 0.308 e. The van der Waals surface area contributed by atoms with Crippen LogP contribution in [0, 0.1) is 0 Å². The summed E-state index contributed by atoms with van der Waals surface area (Å²) in [5.41, 5.74) is 1.42. The highest BCUT2D eigenvalue weighted by atomic mass is 35.5. The molecular weight excluding hydrogens is 450 g/mol. The number of aromatic nitrogens is 3. The van der Waals surface area contributed by atoms with Crippen LogP contribution in [0.25, 0.3) is 23.2 Å². The van der Waals surface area contributed by atoms with Crippen LogP contribution in [0.1, 0.15) is 30.8 Å². The first-order valence-electron chi connectivity index (χ1n) is 9.73. The Morgan fingerprint density at radius 1 is 1.12 bits per heavy atom. The van der Waals surface area contributed by atoms with Crippen LogP contribution in [-0.2, 0) is 4.79 Å². The molecule has 0 atom stereocenters. The summed E-state index contributed by atoms with van der Waals surface area (Å²) >= 11 is 7.14. The molecule has 0 bridgehead atoms. The number of carbonyl (C=O) groups excluding carboxylic acids is 1. The van der Waals surface area contributed by atoms with Crippen LogP contribution in [0.4, 0.5) is 0 Å². The number of hydrogen-bond acceptors (Lipinski definition) is 7. The lowest BCUT2D eigenvalue weighted by Gasteiger charge is -2.10. The first-order chi connectivity index (χ1) is 15.4. The molecule has 2 aromatic carbocycles. The predicted molar refractivity (Wildman–Crippen MR) is 125 cm³/mol. The van der Waals surface area contributed by atoms with Gasteiger partial charge in [-0.1, -0.05) is 47.2 Å². The van der Waals surface area contributed by atoms with Gasteiger partial charge in [-0.2, -0.15) is 9.50 Å². The molecule has 4 rings (SSSR count). The number of benzene rings is 2. The van der Waals surface area contributed by atoms with Crippen molar-refractivity contribution < 1.29 is 14.3 Å². The lowest BCUT2D eigenvalue weighted by atomic mass is 10.2. The number of thiazole rings is 1. The Bertz CT molecular complexity index is 1420. The zero-order chi connectivity index (χ0) is 22.7. The van der Waals surface area contributed by atoms with Gasteiger partial charge in [-0.05, 0) is 54.5 Å². The summed E-state index contributed by atoms with van der Waals surface area (Å²) in [7, 11) is 0. The smallest absolute Gasteiger partial charge is 0.308 e. The molecule has 32 heavy (non-hydrogen) atoms. The minimum Gasteiger partial charge on any atom is -0.490 e. The van der Waals surface area contributed by atoms with E-state index in [0.717, 1.165) is 11.1 Å². The normalized spacial score (nSPS) is 12.0. The van der Waals surface area contributed by atoms with Gasteiger partial charge in [0.25, 0.3) is 5.56 Å². The number of nitrogens with zero attached hydrogens (tertiary/aromatic N) is 3. The summed E-state index contributed by atoms with van der Waals surface area (Å²) in [6.07, 6.45) is 5.33. The van der Waals surface area contributed by atoms with Crippen LogP contribution < -0.4 is 19.6 Å². The molecule has 7 nitrogen and oxygen atoms in total. The fraction of sp³-hybridized carbons (Fsp3) is 0.130. The largest absolute Gasteiger partial charge is 0.490 e. The fourth-order valence-corrected chi connectivity index (χ4v) is 3.98. The van der Waals surface area contributed by atoms with Gasteiger partial charge in [0.1, 0.15) is 0 Å². The lowest BCUT2D eigenvalue weighted by molar-refractivity contribution is -0.132. The Kier molecular flexibility index (Phi) is 6.34. The van der Waals surface area contributed by atoms with Gasteiger partial charge in [-0.25, -0.2) is 0 Å². The van der Waals surface area contributed by atoms with Crippen molar-refractivity contribution in [1.82, 2.24) is 14.6 Å². The molecule has 9 heteroatoms. The summed E-state index contributed by atoms with van der Waals surface area (Å²) in [4.78, 5) is 29.0. The van der Waals surface area contributed by atoms with E-state index < -0.39 is 5.97 Å². The van der Waals surface area contributed by atoms with Crippen LogP contribution in [0.2, 0.25) is 5.02 Å². The van der Waals surface area contributed by atoms with Crippen LogP contribution in [0.5, 0.6) is 11.5 Å². The number of hydrogen-bond donors (Lipinski definition) is 0. The van der Waals surface area contributed by atoms with E-state index in [1.165, 1.54) is 22.8 Å². The fourth-order valence-electron chi connectivity index (χ4n) is 2.94. The van der Waals surface area contributed by atoms with Crippen LogP contribution in [0.3, 0.4) is 0 Å². The van der Waals surface area contributed by atoms with Gasteiger partial charge in [-0.3, -0.25) is 9.59 Å². The maximum atomic E-state index is 12.8. The molecule has 0 fully saturated rings. The van der Waals surface area contributed by atoms with Crippen molar-refractivity contribution >= 4 is 52.1 Å². The highest BCUT2D eigenvalue weighted by Crippen LogP contribution is 2.29. The molecule has 0 saturated heterocycles. The molecule has 0 amide bonds. The first-order valence-corrected chi connectivity index (χ1v) is 10.9. The van der Waals surface area contributed by atoms with E-state index in [4.69, 9.17) is 21.1 Å². The SMILES string of the molecule is CCOc1cc(C=c2sc3nc(C=Cc4ccc(Cl)cc4)nn3c2=O)ccc1OC(C)=O. The van der Waals surface area contributed by atoms with Crippen molar-refractivity contribution in [3.63, 3.8) is 0 Å². The summed E-state index contributed by atoms with van der Waals surface area (Å²) < 4.78 is 12.5. The summed E-state index contributed by atoms with van der Waals surface area (Å²) in [6, 6.07) is 12.5. The minimum absolute atomic E-state index is 0.259. The molecule has 0 aliphatic rings. The van der Waals surface area contributed by atoms with E-state index in [-0.39, 0.29) is 5.56 Å². The predicted octanol–water partition coefficient (Wildman–Crippen LogP) is 3.85. The second-order valence-electron chi connectivity index (χ2n) is 6.70. The Hall–Kier alpha value is -3.49. The standard InChI is InChI=1S/C23H18ClN3O4S/c1-3-30-19-12-16(6-10-18(19)31-14(2)28)13-20-22(29)27-23(32-20)25-21(26-27)11-7-15-4-8-17(24)9-5-15/h4-13H,3H2,1-2H3. The number of esters is 1. The van der Waals surface area contributed by atoms with Crippen LogP contribution >= 0.6 is 22.9 Å². The first kappa shape index (κ1) is 21.7. The molecule has 0 aliphatic carbocycles. The van der Waals surface area contributed by atoms with Crippen molar-refractivity contribution in [3.8, 4) is 11.5 Å². The number of carbonyl (C=O) groups is 1. The van der Waals surface area contributed by atoms with Gasteiger partial charge in [0.2, 0.25) is 4.96 Å². The maximum absolute atomic E-state index is 12.8. The van der Waals surface area contributed by atoms with E-state index in [2.05, 4.69) is 10.1 Å². The highest BCUT2D eigenvalue weighted by molar-refractivity contribution is 7.15. The number of rotatable bonds is 6. The average Bonchev–Trinajstić information content (AvgIpc) is 3.28. The molecular formula is C23H18ClN3O4S.